The molecule has 1 aliphatic heterocycles. The van der Waals surface area contributed by atoms with Crippen LogP contribution in [0.15, 0.2) is 42.5 Å². The number of imide groups is 1. The smallest absolute Gasteiger partial charge is 0.236 e. The lowest BCUT2D eigenvalue weighted by Gasteiger charge is -2.28. The number of allylic oxidation sites excluding steroid dienone is 2. The minimum atomic E-state index is -0.577. The van der Waals surface area contributed by atoms with E-state index in [1.54, 1.807) is 0 Å². The molecular weight excluding hydrogens is 340 g/mol. The number of nitrogens with zero attached hydrogens (tertiary/aromatic N) is 3. The van der Waals surface area contributed by atoms with Crippen molar-refractivity contribution in [3.05, 3.63) is 59.7 Å². The van der Waals surface area contributed by atoms with Crippen LogP contribution in [-0.2, 0) is 29.0 Å². The van der Waals surface area contributed by atoms with Gasteiger partial charge >= 0.3 is 0 Å². The third kappa shape index (κ3) is 2.39. The zero-order valence-electron chi connectivity index (χ0n) is 15.3. The lowest BCUT2D eigenvalue weighted by atomic mass is 9.71. The first-order valence-electron chi connectivity index (χ1n) is 9.55. The normalized spacial score (nSPS) is 31.1. The van der Waals surface area contributed by atoms with Crippen LogP contribution >= 0.6 is 0 Å². The van der Waals surface area contributed by atoms with Crippen molar-refractivity contribution in [2.75, 3.05) is 0 Å². The van der Waals surface area contributed by atoms with Gasteiger partial charge in [-0.3, -0.25) is 19.6 Å². The van der Waals surface area contributed by atoms with Crippen molar-refractivity contribution in [1.29, 1.82) is 0 Å². The van der Waals surface area contributed by atoms with E-state index in [1.165, 1.54) is 10.5 Å². The first-order valence-corrected chi connectivity index (χ1v) is 9.55. The van der Waals surface area contributed by atoms with Gasteiger partial charge in [0.15, 0.2) is 5.82 Å². The van der Waals surface area contributed by atoms with Crippen LogP contribution in [-0.4, -0.2) is 31.9 Å². The van der Waals surface area contributed by atoms with Gasteiger partial charge in [0.25, 0.3) is 0 Å². The van der Waals surface area contributed by atoms with Crippen LogP contribution in [0.4, 0.5) is 0 Å². The molecule has 27 heavy (non-hydrogen) atoms. The summed E-state index contributed by atoms with van der Waals surface area (Å²) in [6, 6.07) is 10.2. The van der Waals surface area contributed by atoms with Crippen molar-refractivity contribution in [2.45, 2.75) is 32.7 Å². The van der Waals surface area contributed by atoms with Crippen LogP contribution in [0.2, 0.25) is 0 Å². The molecule has 1 saturated carbocycles. The van der Waals surface area contributed by atoms with E-state index >= 15 is 0 Å². The standard InChI is InChI=1S/C21H22N4O2/c1-21-15-9-8-14(11-15)18(21)19(26)25(20(21)27)12-17-22-16(23-24-17)10-7-13-5-3-2-4-6-13/h2-6,8-9,14-15,18H,7,10-12H2,1H3,(H,22,23,24)/t14-,15+,18-,21+/m0/s1. The third-order valence-corrected chi connectivity index (χ3v) is 6.57. The largest absolute Gasteiger partial charge is 0.274 e. The van der Waals surface area contributed by atoms with Crippen LogP contribution in [0.25, 0.3) is 0 Å². The fraction of sp³-hybridized carbons (Fsp3) is 0.429. The highest BCUT2D eigenvalue weighted by Gasteiger charge is 2.67. The first kappa shape index (κ1) is 16.4. The number of amides is 2. The van der Waals surface area contributed by atoms with E-state index < -0.39 is 5.41 Å². The van der Waals surface area contributed by atoms with Crippen LogP contribution < -0.4 is 0 Å². The maximum absolute atomic E-state index is 13.0. The maximum Gasteiger partial charge on any atom is 0.236 e. The SMILES string of the molecule is C[C@]12C(=O)N(Cc3nc(CCc4ccccc4)n[nH]3)C(=O)[C@@H]1[C@H]1C=C[C@@H]2C1. The maximum atomic E-state index is 13.0. The molecule has 2 aliphatic carbocycles. The first-order chi connectivity index (χ1) is 13.1. The minimum absolute atomic E-state index is 0.0541. The van der Waals surface area contributed by atoms with Gasteiger partial charge < -0.3 is 0 Å². The predicted molar refractivity (Wildman–Crippen MR) is 98.1 cm³/mol. The van der Waals surface area contributed by atoms with Crippen molar-refractivity contribution in [3.8, 4) is 0 Å². The highest BCUT2D eigenvalue weighted by atomic mass is 16.2. The van der Waals surface area contributed by atoms with Crippen LogP contribution in [0.5, 0.6) is 0 Å². The van der Waals surface area contributed by atoms with Crippen molar-refractivity contribution in [1.82, 2.24) is 20.1 Å². The summed E-state index contributed by atoms with van der Waals surface area (Å²) in [5.41, 5.74) is 0.657. The molecule has 3 aliphatic rings. The molecule has 2 heterocycles. The number of hydrogen-bond donors (Lipinski definition) is 1. The molecule has 6 nitrogen and oxygen atoms in total. The Morgan fingerprint density at radius 1 is 1.19 bits per heavy atom. The number of aromatic amines is 1. The predicted octanol–water partition coefficient (Wildman–Crippen LogP) is 2.29. The van der Waals surface area contributed by atoms with E-state index in [-0.39, 0.29) is 36.1 Å². The molecule has 4 atom stereocenters. The highest BCUT2D eigenvalue weighted by molar-refractivity contribution is 6.08. The molecule has 1 aromatic heterocycles. The fourth-order valence-corrected chi connectivity index (χ4v) is 5.10. The van der Waals surface area contributed by atoms with Crippen molar-refractivity contribution < 1.29 is 9.59 Å². The molecule has 5 rings (SSSR count). The van der Waals surface area contributed by atoms with E-state index in [1.807, 2.05) is 25.1 Å². The number of rotatable bonds is 5. The average molecular weight is 362 g/mol. The Bertz CT molecular complexity index is 935. The molecule has 2 bridgehead atoms. The van der Waals surface area contributed by atoms with Crippen LogP contribution in [0, 0.1) is 23.2 Å². The Morgan fingerprint density at radius 3 is 2.78 bits per heavy atom. The number of carbonyl (C=O) groups is 2. The van der Waals surface area contributed by atoms with Crippen molar-refractivity contribution >= 4 is 11.8 Å². The van der Waals surface area contributed by atoms with Crippen LogP contribution in [0.3, 0.4) is 0 Å². The zero-order chi connectivity index (χ0) is 18.6. The number of aryl methyl sites for hydroxylation is 2. The van der Waals surface area contributed by atoms with Gasteiger partial charge in [0.05, 0.1) is 17.9 Å². The number of aromatic nitrogens is 3. The van der Waals surface area contributed by atoms with E-state index in [0.717, 1.165) is 19.3 Å². The second-order valence-electron chi connectivity index (χ2n) is 8.06. The highest BCUT2D eigenvalue weighted by Crippen LogP contribution is 2.60. The molecular formula is C21H22N4O2. The van der Waals surface area contributed by atoms with Gasteiger partial charge in [-0.25, -0.2) is 4.98 Å². The molecule has 2 fully saturated rings. The second-order valence-corrected chi connectivity index (χ2v) is 8.06. The molecule has 1 aromatic carbocycles. The summed E-state index contributed by atoms with van der Waals surface area (Å²) in [6.45, 7) is 2.14. The Balaban J connectivity index is 1.29. The molecule has 138 valence electrons. The second kappa shape index (κ2) is 5.87. The lowest BCUT2D eigenvalue weighted by molar-refractivity contribution is -0.143. The minimum Gasteiger partial charge on any atom is -0.274 e. The fourth-order valence-electron chi connectivity index (χ4n) is 5.10. The van der Waals surface area contributed by atoms with Crippen molar-refractivity contribution in [2.24, 2.45) is 23.2 Å². The Hall–Kier alpha value is -2.76. The number of likely N-dealkylation sites (tertiary alicyclic amines) is 1. The molecule has 2 amide bonds. The molecule has 0 unspecified atom stereocenters. The van der Waals surface area contributed by atoms with Gasteiger partial charge in [0.1, 0.15) is 5.82 Å². The molecule has 2 aromatic rings. The molecule has 6 heteroatoms. The number of fused-ring (bicyclic) bond motifs is 5. The Kier molecular flexibility index (Phi) is 3.57. The summed E-state index contributed by atoms with van der Waals surface area (Å²) in [6.07, 6.45) is 6.73. The van der Waals surface area contributed by atoms with Gasteiger partial charge in [0.2, 0.25) is 11.8 Å². The van der Waals surface area contributed by atoms with Crippen LogP contribution in [0.1, 0.15) is 30.6 Å². The molecule has 0 spiro atoms. The number of nitrogens with one attached hydrogen (secondary N) is 1. The summed E-state index contributed by atoms with van der Waals surface area (Å²) in [5, 5.41) is 7.16. The van der Waals surface area contributed by atoms with Gasteiger partial charge in [-0.2, -0.15) is 5.10 Å². The molecule has 0 radical (unpaired) electrons. The summed E-state index contributed by atoms with van der Waals surface area (Å²) in [7, 11) is 0. The zero-order valence-corrected chi connectivity index (χ0v) is 15.3. The molecule has 1 N–H and O–H groups in total. The molecule has 1 saturated heterocycles. The number of hydrogen-bond acceptors (Lipinski definition) is 4. The van der Waals surface area contributed by atoms with Gasteiger partial charge in [-0.1, -0.05) is 42.5 Å². The van der Waals surface area contributed by atoms with Gasteiger partial charge in [-0.05, 0) is 37.2 Å². The van der Waals surface area contributed by atoms with Crippen molar-refractivity contribution in [3.63, 3.8) is 0 Å². The number of H-pyrrole nitrogens is 1. The summed E-state index contributed by atoms with van der Waals surface area (Å²) in [4.78, 5) is 31.9. The summed E-state index contributed by atoms with van der Waals surface area (Å²) in [5.74, 6) is 1.35. The quantitative estimate of drug-likeness (QED) is 0.654. The lowest BCUT2D eigenvalue weighted by Crippen LogP contribution is -2.37. The topological polar surface area (TPSA) is 79.0 Å². The summed E-state index contributed by atoms with van der Waals surface area (Å²) < 4.78 is 0. The Morgan fingerprint density at radius 2 is 2.00 bits per heavy atom. The number of carbonyl (C=O) groups excluding carboxylic acids is 2. The Labute approximate surface area is 157 Å². The van der Waals surface area contributed by atoms with Gasteiger partial charge in [-0.15, -0.1) is 0 Å². The summed E-state index contributed by atoms with van der Waals surface area (Å²) >= 11 is 0. The van der Waals surface area contributed by atoms with E-state index in [2.05, 4.69) is 39.5 Å². The van der Waals surface area contributed by atoms with E-state index in [4.69, 9.17) is 0 Å². The number of benzene rings is 1. The van der Waals surface area contributed by atoms with E-state index in [0.29, 0.717) is 11.6 Å². The average Bonchev–Trinajstić information content (AvgIpc) is 3.42. The van der Waals surface area contributed by atoms with Gasteiger partial charge in [0, 0.05) is 6.42 Å². The monoisotopic (exact) mass is 362 g/mol. The van der Waals surface area contributed by atoms with E-state index in [9.17, 15) is 9.59 Å². The third-order valence-electron chi connectivity index (χ3n) is 6.57.